The Morgan fingerprint density at radius 1 is 0.966 bits per heavy atom. The predicted molar refractivity (Wildman–Crippen MR) is 114 cm³/mol. The number of benzene rings is 3. The van der Waals surface area contributed by atoms with Gasteiger partial charge in [-0.3, -0.25) is 9.52 Å². The number of aryl methyl sites for hydroxylation is 1. The molecule has 1 amide bonds. The average molecular weight is 431 g/mol. The summed E-state index contributed by atoms with van der Waals surface area (Å²) in [6, 6.07) is 17.7. The number of halogens is 1. The molecule has 0 bridgehead atoms. The lowest BCUT2D eigenvalue weighted by Crippen LogP contribution is -2.16. The molecule has 0 radical (unpaired) electrons. The molecule has 6 nitrogen and oxygen atoms in total. The second kappa shape index (κ2) is 8.55. The van der Waals surface area contributed by atoms with E-state index in [1.807, 2.05) is 19.1 Å². The molecule has 0 unspecified atom stereocenters. The molecule has 0 heterocycles. The topological polar surface area (TPSA) is 84.5 Å². The van der Waals surface area contributed by atoms with Crippen LogP contribution in [0.15, 0.2) is 71.6 Å². The van der Waals surface area contributed by atoms with E-state index in [9.17, 15) is 13.2 Å². The Hall–Kier alpha value is -3.03. The van der Waals surface area contributed by atoms with E-state index in [0.29, 0.717) is 11.3 Å². The van der Waals surface area contributed by atoms with Crippen LogP contribution in [-0.4, -0.2) is 21.4 Å². The van der Waals surface area contributed by atoms with Crippen molar-refractivity contribution in [2.45, 2.75) is 11.8 Å². The summed E-state index contributed by atoms with van der Waals surface area (Å²) in [4.78, 5) is 12.5. The van der Waals surface area contributed by atoms with E-state index < -0.39 is 10.0 Å². The lowest BCUT2D eigenvalue weighted by Gasteiger charge is -2.14. The minimum Gasteiger partial charge on any atom is -0.495 e. The number of anilines is 2. The maximum Gasteiger partial charge on any atom is 0.262 e. The van der Waals surface area contributed by atoms with Crippen molar-refractivity contribution in [1.29, 1.82) is 0 Å². The number of carbonyl (C=O) groups excluding carboxylic acids is 1. The Bertz CT molecular complexity index is 1150. The van der Waals surface area contributed by atoms with E-state index in [4.69, 9.17) is 16.3 Å². The van der Waals surface area contributed by atoms with E-state index in [-0.39, 0.29) is 27.2 Å². The van der Waals surface area contributed by atoms with Crippen LogP contribution in [0.5, 0.6) is 5.75 Å². The summed E-state index contributed by atoms with van der Waals surface area (Å²) in [5.74, 6) is -0.0425. The molecule has 0 aliphatic heterocycles. The maximum atomic E-state index is 12.8. The van der Waals surface area contributed by atoms with Crippen molar-refractivity contribution in [3.05, 3.63) is 82.9 Å². The third-order valence-electron chi connectivity index (χ3n) is 4.16. The molecule has 0 aliphatic rings. The Balaban J connectivity index is 1.91. The van der Waals surface area contributed by atoms with Crippen molar-refractivity contribution in [1.82, 2.24) is 0 Å². The molecule has 0 spiro atoms. The van der Waals surface area contributed by atoms with Crippen LogP contribution in [0.1, 0.15) is 15.9 Å². The van der Waals surface area contributed by atoms with E-state index >= 15 is 0 Å². The molecule has 8 heteroatoms. The first-order valence-electron chi connectivity index (χ1n) is 8.63. The molecule has 29 heavy (non-hydrogen) atoms. The number of rotatable bonds is 6. The first-order chi connectivity index (χ1) is 13.8. The summed E-state index contributed by atoms with van der Waals surface area (Å²) in [7, 11) is -2.49. The highest BCUT2D eigenvalue weighted by molar-refractivity contribution is 7.92. The number of ether oxygens (including phenoxy) is 1. The number of sulfonamides is 1. The van der Waals surface area contributed by atoms with Gasteiger partial charge in [-0.2, -0.15) is 0 Å². The molecule has 0 fully saturated rings. The van der Waals surface area contributed by atoms with E-state index in [2.05, 4.69) is 10.0 Å². The predicted octanol–water partition coefficient (Wildman–Crippen LogP) is 4.71. The van der Waals surface area contributed by atoms with Gasteiger partial charge in [-0.25, -0.2) is 8.42 Å². The fraction of sp³-hybridized carbons (Fsp3) is 0.0952. The van der Waals surface area contributed by atoms with Gasteiger partial charge in [0.1, 0.15) is 5.75 Å². The first kappa shape index (κ1) is 20.7. The van der Waals surface area contributed by atoms with Crippen LogP contribution < -0.4 is 14.8 Å². The second-order valence-corrected chi connectivity index (χ2v) is 8.36. The number of nitrogens with one attached hydrogen (secondary N) is 2. The minimum atomic E-state index is -3.93. The largest absolute Gasteiger partial charge is 0.495 e. The van der Waals surface area contributed by atoms with Crippen molar-refractivity contribution >= 4 is 38.9 Å². The van der Waals surface area contributed by atoms with Gasteiger partial charge in [-0.05, 0) is 49.4 Å². The van der Waals surface area contributed by atoms with Crippen LogP contribution in [0.4, 0.5) is 11.4 Å². The molecule has 3 aromatic rings. The molecule has 0 saturated carbocycles. The van der Waals surface area contributed by atoms with Crippen molar-refractivity contribution in [3.8, 4) is 5.75 Å². The Kier molecular flexibility index (Phi) is 6.10. The lowest BCUT2D eigenvalue weighted by atomic mass is 10.1. The quantitative estimate of drug-likeness (QED) is 0.593. The van der Waals surface area contributed by atoms with Crippen molar-refractivity contribution in [2.75, 3.05) is 17.1 Å². The normalized spacial score (nSPS) is 11.0. The molecule has 0 aliphatic carbocycles. The summed E-state index contributed by atoms with van der Waals surface area (Å²) in [6.07, 6.45) is 0. The van der Waals surface area contributed by atoms with E-state index in [1.165, 1.54) is 25.3 Å². The monoisotopic (exact) mass is 430 g/mol. The minimum absolute atomic E-state index is 0.0441. The third kappa shape index (κ3) is 4.88. The Morgan fingerprint density at radius 3 is 2.31 bits per heavy atom. The third-order valence-corrected chi connectivity index (χ3v) is 5.85. The Labute approximate surface area is 174 Å². The van der Waals surface area contributed by atoms with Crippen LogP contribution in [0.3, 0.4) is 0 Å². The van der Waals surface area contributed by atoms with Gasteiger partial charge < -0.3 is 10.1 Å². The maximum absolute atomic E-state index is 12.8. The van der Waals surface area contributed by atoms with E-state index in [0.717, 1.165) is 5.56 Å². The van der Waals surface area contributed by atoms with Crippen LogP contribution >= 0.6 is 11.6 Å². The highest BCUT2D eigenvalue weighted by atomic mass is 35.5. The highest BCUT2D eigenvalue weighted by Gasteiger charge is 2.19. The van der Waals surface area contributed by atoms with Crippen LogP contribution in [-0.2, 0) is 10.0 Å². The first-order valence-corrected chi connectivity index (χ1v) is 10.5. The van der Waals surface area contributed by atoms with Crippen molar-refractivity contribution in [3.63, 3.8) is 0 Å². The van der Waals surface area contributed by atoms with Crippen LogP contribution in [0.25, 0.3) is 0 Å². The molecular weight excluding hydrogens is 412 g/mol. The summed E-state index contributed by atoms with van der Waals surface area (Å²) >= 11 is 6.04. The molecule has 2 N–H and O–H groups in total. The number of carbonyl (C=O) groups is 1. The molecule has 3 rings (SSSR count). The molecular formula is C21H19ClN2O4S. The van der Waals surface area contributed by atoms with Crippen LogP contribution in [0, 0.1) is 6.92 Å². The zero-order valence-electron chi connectivity index (χ0n) is 15.8. The van der Waals surface area contributed by atoms with Gasteiger partial charge in [0.25, 0.3) is 15.9 Å². The van der Waals surface area contributed by atoms with Gasteiger partial charge in [0, 0.05) is 5.56 Å². The average Bonchev–Trinajstić information content (AvgIpc) is 2.70. The zero-order chi connectivity index (χ0) is 21.0. The fourth-order valence-corrected chi connectivity index (χ4v) is 3.94. The molecule has 0 atom stereocenters. The summed E-state index contributed by atoms with van der Waals surface area (Å²) < 4.78 is 33.3. The number of hydrogen-bond donors (Lipinski definition) is 2. The van der Waals surface area contributed by atoms with Gasteiger partial charge in [0.2, 0.25) is 0 Å². The van der Waals surface area contributed by atoms with Crippen LogP contribution in [0.2, 0.25) is 5.02 Å². The summed E-state index contributed by atoms with van der Waals surface area (Å²) in [5, 5.41) is 2.98. The summed E-state index contributed by atoms with van der Waals surface area (Å²) in [6.45, 7) is 1.92. The smallest absolute Gasteiger partial charge is 0.262 e. The van der Waals surface area contributed by atoms with Crippen molar-refractivity contribution in [2.24, 2.45) is 0 Å². The van der Waals surface area contributed by atoms with Crippen molar-refractivity contribution < 1.29 is 17.9 Å². The number of methoxy groups -OCH3 is 1. The number of amides is 1. The van der Waals surface area contributed by atoms with Gasteiger partial charge in [-0.15, -0.1) is 0 Å². The number of para-hydroxylation sites is 1. The SMILES string of the molecule is COc1ccc(S(=O)(=O)Nc2ccccc2Cl)cc1NC(=O)c1ccc(C)cc1. The van der Waals surface area contributed by atoms with E-state index in [1.54, 1.807) is 36.4 Å². The van der Waals surface area contributed by atoms with Gasteiger partial charge in [-0.1, -0.05) is 41.4 Å². The molecule has 3 aromatic carbocycles. The highest BCUT2D eigenvalue weighted by Crippen LogP contribution is 2.30. The zero-order valence-corrected chi connectivity index (χ0v) is 17.3. The molecule has 0 aromatic heterocycles. The van der Waals surface area contributed by atoms with Gasteiger partial charge in [0.15, 0.2) is 0 Å². The molecule has 150 valence electrons. The molecule has 0 saturated heterocycles. The second-order valence-electron chi connectivity index (χ2n) is 6.27. The standard InChI is InChI=1S/C21H19ClN2O4S/c1-14-7-9-15(10-8-14)21(25)23-19-13-16(11-12-20(19)28-2)29(26,27)24-18-6-4-3-5-17(18)22/h3-13,24H,1-2H3,(H,23,25). The van der Waals surface area contributed by atoms with Gasteiger partial charge in [0.05, 0.1) is 28.4 Å². The summed E-state index contributed by atoms with van der Waals surface area (Å²) in [5.41, 5.74) is 1.97. The lowest BCUT2D eigenvalue weighted by molar-refractivity contribution is 0.102. The van der Waals surface area contributed by atoms with Gasteiger partial charge >= 0.3 is 0 Å². The fourth-order valence-electron chi connectivity index (χ4n) is 2.60. The Morgan fingerprint density at radius 2 is 1.66 bits per heavy atom. The number of hydrogen-bond acceptors (Lipinski definition) is 4.